The summed E-state index contributed by atoms with van der Waals surface area (Å²) in [7, 11) is 1.63. The smallest absolute Gasteiger partial charge is 0.261 e. The summed E-state index contributed by atoms with van der Waals surface area (Å²) in [4.78, 5) is 19.2. The summed E-state index contributed by atoms with van der Waals surface area (Å²) >= 11 is 0. The van der Waals surface area contributed by atoms with Crippen molar-refractivity contribution in [3.63, 3.8) is 0 Å². The lowest BCUT2D eigenvalue weighted by molar-refractivity contribution is 0.0981. The van der Waals surface area contributed by atoms with Gasteiger partial charge in [-0.1, -0.05) is 0 Å². The van der Waals surface area contributed by atoms with E-state index in [4.69, 9.17) is 4.74 Å². The summed E-state index contributed by atoms with van der Waals surface area (Å²) in [6.45, 7) is 3.49. The van der Waals surface area contributed by atoms with Crippen molar-refractivity contribution in [1.82, 2.24) is 14.8 Å². The van der Waals surface area contributed by atoms with Crippen LogP contribution in [0.15, 0.2) is 36.5 Å². The fraction of sp³-hybridized carbons (Fsp3) is 0.278. The minimum absolute atomic E-state index is 0.0407. The summed E-state index contributed by atoms with van der Waals surface area (Å²) in [6.07, 6.45) is 2.53. The number of amides is 1. The highest BCUT2D eigenvalue weighted by atomic mass is 16.5. The van der Waals surface area contributed by atoms with E-state index in [-0.39, 0.29) is 5.91 Å². The first kappa shape index (κ1) is 14.7. The Kier molecular flexibility index (Phi) is 3.45. The monoisotopic (exact) mass is 322 g/mol. The summed E-state index contributed by atoms with van der Waals surface area (Å²) in [5, 5.41) is 5.36. The molecular weight excluding hydrogens is 304 g/mol. The van der Waals surface area contributed by atoms with Crippen LogP contribution in [0.1, 0.15) is 22.5 Å². The van der Waals surface area contributed by atoms with Crippen molar-refractivity contribution in [2.24, 2.45) is 0 Å². The van der Waals surface area contributed by atoms with Gasteiger partial charge in [-0.15, -0.1) is 0 Å². The first-order chi connectivity index (χ1) is 11.7. The second-order valence-electron chi connectivity index (χ2n) is 5.96. The zero-order valence-electron chi connectivity index (χ0n) is 13.7. The zero-order valence-corrected chi connectivity index (χ0v) is 13.7. The van der Waals surface area contributed by atoms with Gasteiger partial charge in [-0.3, -0.25) is 14.7 Å². The Balaban J connectivity index is 1.71. The molecule has 6 nitrogen and oxygen atoms in total. The molecule has 6 heteroatoms. The molecule has 24 heavy (non-hydrogen) atoms. The van der Waals surface area contributed by atoms with Gasteiger partial charge in [0.05, 0.1) is 23.9 Å². The molecule has 3 heterocycles. The number of hydrogen-bond acceptors (Lipinski definition) is 4. The lowest BCUT2D eigenvalue weighted by Crippen LogP contribution is -2.37. The maximum Gasteiger partial charge on any atom is 0.261 e. The molecule has 0 saturated carbocycles. The van der Waals surface area contributed by atoms with E-state index in [1.807, 2.05) is 41.9 Å². The van der Waals surface area contributed by atoms with Crippen molar-refractivity contribution in [3.05, 3.63) is 47.8 Å². The van der Waals surface area contributed by atoms with Gasteiger partial charge in [-0.2, -0.15) is 5.10 Å². The number of carbonyl (C=O) groups is 1. The number of benzene rings is 1. The first-order valence-electron chi connectivity index (χ1n) is 7.96. The van der Waals surface area contributed by atoms with Gasteiger partial charge in [-0.05, 0) is 31.5 Å². The maximum absolute atomic E-state index is 13.0. The number of aromatic nitrogens is 3. The molecule has 4 rings (SSSR count). The average Bonchev–Trinajstić information content (AvgIpc) is 3.00. The number of rotatable bonds is 2. The van der Waals surface area contributed by atoms with Crippen LogP contribution < -0.4 is 9.64 Å². The lowest BCUT2D eigenvalue weighted by Gasteiger charge is -2.27. The van der Waals surface area contributed by atoms with Gasteiger partial charge in [0.1, 0.15) is 11.6 Å². The van der Waals surface area contributed by atoms with E-state index in [2.05, 4.69) is 10.1 Å². The van der Waals surface area contributed by atoms with E-state index in [9.17, 15) is 4.79 Å². The maximum atomic E-state index is 13.0. The Morgan fingerprint density at radius 3 is 2.92 bits per heavy atom. The van der Waals surface area contributed by atoms with Crippen LogP contribution in [-0.4, -0.2) is 34.3 Å². The molecule has 0 bridgehead atoms. The molecule has 1 aliphatic heterocycles. The Morgan fingerprint density at radius 1 is 1.21 bits per heavy atom. The van der Waals surface area contributed by atoms with Gasteiger partial charge in [0.2, 0.25) is 0 Å². The summed E-state index contributed by atoms with van der Waals surface area (Å²) in [5.41, 5.74) is 2.32. The van der Waals surface area contributed by atoms with Crippen molar-refractivity contribution in [3.8, 4) is 5.75 Å². The molecule has 0 atom stereocenters. The van der Waals surface area contributed by atoms with Gasteiger partial charge < -0.3 is 4.74 Å². The minimum Gasteiger partial charge on any atom is -0.497 e. The quantitative estimate of drug-likeness (QED) is 0.728. The Morgan fingerprint density at radius 2 is 2.08 bits per heavy atom. The highest BCUT2D eigenvalue weighted by Crippen LogP contribution is 2.25. The Labute approximate surface area is 139 Å². The van der Waals surface area contributed by atoms with Crippen molar-refractivity contribution < 1.29 is 9.53 Å². The molecule has 1 amide bonds. The average molecular weight is 322 g/mol. The van der Waals surface area contributed by atoms with Crippen LogP contribution in [-0.2, 0) is 6.54 Å². The van der Waals surface area contributed by atoms with Crippen LogP contribution in [0.2, 0.25) is 0 Å². The molecule has 2 aromatic heterocycles. The second kappa shape index (κ2) is 5.63. The van der Waals surface area contributed by atoms with E-state index in [1.54, 1.807) is 18.2 Å². The Hall–Kier alpha value is -2.89. The molecule has 1 aromatic carbocycles. The summed E-state index contributed by atoms with van der Waals surface area (Å²) < 4.78 is 7.11. The zero-order chi connectivity index (χ0) is 16.7. The molecule has 0 aliphatic carbocycles. The number of fused-ring (bicyclic) bond motifs is 2. The number of carbonyl (C=O) groups excluding carboxylic acids is 1. The minimum atomic E-state index is -0.0407. The number of nitrogens with zero attached hydrogens (tertiary/aromatic N) is 4. The molecule has 0 spiro atoms. The molecule has 0 unspecified atom stereocenters. The van der Waals surface area contributed by atoms with Gasteiger partial charge in [0, 0.05) is 36.8 Å². The summed E-state index contributed by atoms with van der Waals surface area (Å²) in [6, 6.07) is 9.49. The van der Waals surface area contributed by atoms with Gasteiger partial charge in [0.25, 0.3) is 5.91 Å². The number of anilines is 1. The third-order valence-electron chi connectivity index (χ3n) is 4.29. The lowest BCUT2D eigenvalue weighted by atomic mass is 10.1. The molecule has 1 aliphatic rings. The largest absolute Gasteiger partial charge is 0.497 e. The number of ether oxygens (including phenoxy) is 1. The number of methoxy groups -OCH3 is 1. The van der Waals surface area contributed by atoms with Crippen LogP contribution in [0, 0.1) is 6.92 Å². The molecule has 0 saturated heterocycles. The van der Waals surface area contributed by atoms with Crippen LogP contribution >= 0.6 is 0 Å². The van der Waals surface area contributed by atoms with Gasteiger partial charge in [-0.25, -0.2) is 4.68 Å². The second-order valence-corrected chi connectivity index (χ2v) is 5.96. The van der Waals surface area contributed by atoms with Crippen molar-refractivity contribution in [1.29, 1.82) is 0 Å². The normalized spacial score (nSPS) is 13.8. The third kappa shape index (κ3) is 2.40. The van der Waals surface area contributed by atoms with Crippen molar-refractivity contribution in [2.75, 3.05) is 18.6 Å². The molecule has 3 aromatic rings. The van der Waals surface area contributed by atoms with Crippen LogP contribution in [0.3, 0.4) is 0 Å². The molecular formula is C18H18N4O2. The van der Waals surface area contributed by atoms with Crippen molar-refractivity contribution in [2.45, 2.75) is 19.9 Å². The predicted octanol–water partition coefficient (Wildman–Crippen LogP) is 2.80. The van der Waals surface area contributed by atoms with Crippen molar-refractivity contribution >= 4 is 22.6 Å². The van der Waals surface area contributed by atoms with Gasteiger partial charge in [0.15, 0.2) is 0 Å². The van der Waals surface area contributed by atoms with E-state index in [1.165, 1.54) is 0 Å². The third-order valence-corrected chi connectivity index (χ3v) is 4.29. The first-order valence-corrected chi connectivity index (χ1v) is 7.96. The van der Waals surface area contributed by atoms with E-state index < -0.39 is 0 Å². The Bertz CT molecular complexity index is 932. The molecule has 122 valence electrons. The standard InChI is InChI=1S/C18H18N4O2/c1-12-8-17-21(6-3-7-22(17)20-12)18(23)14-9-13-4-5-15(24-2)10-16(13)19-11-14/h4-5,8-11H,3,6-7H2,1-2H3. The van der Waals surface area contributed by atoms with E-state index in [0.717, 1.165) is 41.1 Å². The fourth-order valence-corrected chi connectivity index (χ4v) is 3.11. The number of hydrogen-bond donors (Lipinski definition) is 0. The molecule has 0 radical (unpaired) electrons. The highest BCUT2D eigenvalue weighted by Gasteiger charge is 2.25. The van der Waals surface area contributed by atoms with E-state index >= 15 is 0 Å². The fourth-order valence-electron chi connectivity index (χ4n) is 3.11. The molecule has 0 N–H and O–H groups in total. The predicted molar refractivity (Wildman–Crippen MR) is 91.6 cm³/mol. The van der Waals surface area contributed by atoms with Crippen LogP contribution in [0.4, 0.5) is 5.82 Å². The highest BCUT2D eigenvalue weighted by molar-refractivity contribution is 6.07. The topological polar surface area (TPSA) is 60.2 Å². The SMILES string of the molecule is COc1ccc2cc(C(=O)N3CCCn4nc(C)cc43)cnc2c1. The van der Waals surface area contributed by atoms with Gasteiger partial charge >= 0.3 is 0 Å². The van der Waals surface area contributed by atoms with E-state index in [0.29, 0.717) is 12.1 Å². The number of pyridine rings is 1. The summed E-state index contributed by atoms with van der Waals surface area (Å²) in [5.74, 6) is 1.57. The molecule has 0 fully saturated rings. The van der Waals surface area contributed by atoms with Crippen LogP contribution in [0.5, 0.6) is 5.75 Å². The van der Waals surface area contributed by atoms with Crippen LogP contribution in [0.25, 0.3) is 10.9 Å². The number of aryl methyl sites for hydroxylation is 2.